The standard InChI is InChI=1S/C13H23N5OS/c1-20-13-16-11(6-12(17-13)18-14)15-7-9-4-2-3-5-10(9)8-19/h6,9-10,19H,2-5,7-8,14H2,1H3,(H2,15,16,17,18). The first-order valence-corrected chi connectivity index (χ1v) is 8.23. The second kappa shape index (κ2) is 7.66. The summed E-state index contributed by atoms with van der Waals surface area (Å²) in [5.41, 5.74) is 2.56. The first-order chi connectivity index (χ1) is 9.76. The molecule has 0 saturated heterocycles. The molecule has 1 aliphatic rings. The summed E-state index contributed by atoms with van der Waals surface area (Å²) in [5, 5.41) is 13.5. The molecular formula is C13H23N5OS. The van der Waals surface area contributed by atoms with E-state index in [1.807, 2.05) is 6.26 Å². The van der Waals surface area contributed by atoms with Crippen LogP contribution in [0.4, 0.5) is 11.6 Å². The van der Waals surface area contributed by atoms with Gasteiger partial charge in [0, 0.05) is 19.2 Å². The Morgan fingerprint density at radius 2 is 2.00 bits per heavy atom. The van der Waals surface area contributed by atoms with Crippen molar-refractivity contribution in [3.63, 3.8) is 0 Å². The van der Waals surface area contributed by atoms with E-state index in [0.717, 1.165) is 18.8 Å². The van der Waals surface area contributed by atoms with E-state index in [1.165, 1.54) is 31.0 Å². The van der Waals surface area contributed by atoms with Crippen molar-refractivity contribution in [3.05, 3.63) is 6.07 Å². The molecule has 20 heavy (non-hydrogen) atoms. The average Bonchev–Trinajstić information content (AvgIpc) is 2.52. The monoisotopic (exact) mass is 297 g/mol. The van der Waals surface area contributed by atoms with Gasteiger partial charge in [0.15, 0.2) is 5.16 Å². The van der Waals surface area contributed by atoms with Crippen LogP contribution in [0.5, 0.6) is 0 Å². The largest absolute Gasteiger partial charge is 0.396 e. The minimum atomic E-state index is 0.280. The highest BCUT2D eigenvalue weighted by Crippen LogP contribution is 2.30. The third kappa shape index (κ3) is 3.97. The van der Waals surface area contributed by atoms with Crippen molar-refractivity contribution in [3.8, 4) is 0 Å². The Balaban J connectivity index is 1.98. The SMILES string of the molecule is CSc1nc(NN)cc(NCC2CCCCC2CO)n1. The molecule has 0 bridgehead atoms. The zero-order valence-electron chi connectivity index (χ0n) is 11.8. The lowest BCUT2D eigenvalue weighted by molar-refractivity contribution is 0.141. The highest BCUT2D eigenvalue weighted by Gasteiger charge is 2.24. The molecule has 1 aromatic heterocycles. The molecule has 0 aliphatic heterocycles. The van der Waals surface area contributed by atoms with E-state index in [-0.39, 0.29) is 6.61 Å². The van der Waals surface area contributed by atoms with Gasteiger partial charge in [-0.2, -0.15) is 0 Å². The number of nitrogen functional groups attached to an aromatic ring is 1. The minimum Gasteiger partial charge on any atom is -0.396 e. The molecule has 2 unspecified atom stereocenters. The van der Waals surface area contributed by atoms with Gasteiger partial charge in [-0.05, 0) is 30.9 Å². The summed E-state index contributed by atoms with van der Waals surface area (Å²) in [5.74, 6) is 7.72. The van der Waals surface area contributed by atoms with E-state index < -0.39 is 0 Å². The Kier molecular flexibility index (Phi) is 5.87. The van der Waals surface area contributed by atoms with Crippen molar-refractivity contribution < 1.29 is 5.11 Å². The van der Waals surface area contributed by atoms with E-state index in [1.54, 1.807) is 6.07 Å². The Morgan fingerprint density at radius 1 is 1.30 bits per heavy atom. The van der Waals surface area contributed by atoms with Gasteiger partial charge in [-0.1, -0.05) is 24.6 Å². The smallest absolute Gasteiger partial charge is 0.191 e. The summed E-state index contributed by atoms with van der Waals surface area (Å²) in [7, 11) is 0. The van der Waals surface area contributed by atoms with Crippen LogP contribution < -0.4 is 16.6 Å². The van der Waals surface area contributed by atoms with Crippen LogP contribution >= 0.6 is 11.8 Å². The van der Waals surface area contributed by atoms with Gasteiger partial charge in [0.25, 0.3) is 0 Å². The third-order valence-corrected chi connectivity index (χ3v) is 4.43. The van der Waals surface area contributed by atoms with Gasteiger partial charge in [-0.15, -0.1) is 0 Å². The van der Waals surface area contributed by atoms with Crippen LogP contribution in [0.2, 0.25) is 0 Å². The molecule has 1 heterocycles. The number of aliphatic hydroxyl groups is 1. The molecule has 2 atom stereocenters. The van der Waals surface area contributed by atoms with E-state index in [9.17, 15) is 5.11 Å². The number of nitrogens with one attached hydrogen (secondary N) is 2. The van der Waals surface area contributed by atoms with Crippen LogP contribution in [0.15, 0.2) is 11.2 Å². The number of nitrogens with two attached hydrogens (primary N) is 1. The summed E-state index contributed by atoms with van der Waals surface area (Å²) in [6.45, 7) is 1.11. The molecular weight excluding hydrogens is 274 g/mol. The number of aliphatic hydroxyl groups excluding tert-OH is 1. The molecule has 1 aliphatic carbocycles. The molecule has 2 rings (SSSR count). The number of hydrogen-bond donors (Lipinski definition) is 4. The van der Waals surface area contributed by atoms with E-state index in [4.69, 9.17) is 5.84 Å². The maximum absolute atomic E-state index is 9.44. The minimum absolute atomic E-state index is 0.280. The van der Waals surface area contributed by atoms with E-state index in [2.05, 4.69) is 20.7 Å². The first-order valence-electron chi connectivity index (χ1n) is 7.01. The van der Waals surface area contributed by atoms with Crippen molar-refractivity contribution in [1.82, 2.24) is 9.97 Å². The first kappa shape index (κ1) is 15.3. The summed E-state index contributed by atoms with van der Waals surface area (Å²) >= 11 is 1.48. The quantitative estimate of drug-likeness (QED) is 0.275. The van der Waals surface area contributed by atoms with Crippen LogP contribution in [0.1, 0.15) is 25.7 Å². The zero-order valence-corrected chi connectivity index (χ0v) is 12.6. The topological polar surface area (TPSA) is 96.1 Å². The number of hydrogen-bond acceptors (Lipinski definition) is 7. The molecule has 0 radical (unpaired) electrons. The highest BCUT2D eigenvalue weighted by atomic mass is 32.2. The van der Waals surface area contributed by atoms with Gasteiger partial charge in [0.1, 0.15) is 11.6 Å². The lowest BCUT2D eigenvalue weighted by Crippen LogP contribution is -2.28. The summed E-state index contributed by atoms with van der Waals surface area (Å²) in [4.78, 5) is 8.65. The second-order valence-corrected chi connectivity index (χ2v) is 5.91. The fourth-order valence-corrected chi connectivity index (χ4v) is 3.09. The van der Waals surface area contributed by atoms with Crippen LogP contribution in [-0.4, -0.2) is 34.5 Å². The lowest BCUT2D eigenvalue weighted by atomic mass is 9.79. The van der Waals surface area contributed by atoms with E-state index in [0.29, 0.717) is 22.8 Å². The zero-order chi connectivity index (χ0) is 14.4. The average molecular weight is 297 g/mol. The Hall–Kier alpha value is -1.05. The summed E-state index contributed by atoms with van der Waals surface area (Å²) in [6, 6.07) is 1.80. The van der Waals surface area contributed by atoms with Crippen LogP contribution in [0.25, 0.3) is 0 Å². The molecule has 0 spiro atoms. The number of anilines is 2. The van der Waals surface area contributed by atoms with Gasteiger partial charge in [0.05, 0.1) is 0 Å². The number of rotatable bonds is 6. The van der Waals surface area contributed by atoms with Crippen molar-refractivity contribution in [2.45, 2.75) is 30.8 Å². The molecule has 6 nitrogen and oxygen atoms in total. The van der Waals surface area contributed by atoms with Gasteiger partial charge >= 0.3 is 0 Å². The van der Waals surface area contributed by atoms with E-state index >= 15 is 0 Å². The van der Waals surface area contributed by atoms with Crippen molar-refractivity contribution in [2.75, 3.05) is 30.1 Å². The van der Waals surface area contributed by atoms with Gasteiger partial charge in [0.2, 0.25) is 0 Å². The predicted octanol–water partition coefficient (Wildman–Crippen LogP) is 1.69. The number of hydrazine groups is 1. The molecule has 7 heteroatoms. The maximum atomic E-state index is 9.44. The second-order valence-electron chi connectivity index (χ2n) is 5.14. The maximum Gasteiger partial charge on any atom is 0.191 e. The van der Waals surface area contributed by atoms with Crippen molar-refractivity contribution >= 4 is 23.4 Å². The highest BCUT2D eigenvalue weighted by molar-refractivity contribution is 7.98. The number of nitrogens with zero attached hydrogens (tertiary/aromatic N) is 2. The third-order valence-electron chi connectivity index (χ3n) is 3.88. The fourth-order valence-electron chi connectivity index (χ4n) is 2.71. The molecule has 0 aromatic carbocycles. The molecule has 5 N–H and O–H groups in total. The summed E-state index contributed by atoms with van der Waals surface area (Å²) in [6.07, 6.45) is 6.70. The van der Waals surface area contributed by atoms with Crippen LogP contribution in [-0.2, 0) is 0 Å². The van der Waals surface area contributed by atoms with Gasteiger partial charge < -0.3 is 15.8 Å². The van der Waals surface area contributed by atoms with Crippen molar-refractivity contribution in [1.29, 1.82) is 0 Å². The van der Waals surface area contributed by atoms with Crippen LogP contribution in [0, 0.1) is 11.8 Å². The molecule has 112 valence electrons. The lowest BCUT2D eigenvalue weighted by Gasteiger charge is -2.30. The van der Waals surface area contributed by atoms with Crippen LogP contribution in [0.3, 0.4) is 0 Å². The predicted molar refractivity (Wildman–Crippen MR) is 82.6 cm³/mol. The fraction of sp³-hybridized carbons (Fsp3) is 0.692. The molecule has 1 saturated carbocycles. The van der Waals surface area contributed by atoms with Gasteiger partial charge in [-0.3, -0.25) is 0 Å². The number of aromatic nitrogens is 2. The van der Waals surface area contributed by atoms with Crippen molar-refractivity contribution in [2.24, 2.45) is 17.7 Å². The molecule has 1 aromatic rings. The molecule has 1 fully saturated rings. The molecule has 0 amide bonds. The Morgan fingerprint density at radius 3 is 2.65 bits per heavy atom. The number of thioether (sulfide) groups is 1. The normalized spacial score (nSPS) is 22.6. The Bertz CT molecular complexity index is 409. The summed E-state index contributed by atoms with van der Waals surface area (Å²) < 4.78 is 0. The van der Waals surface area contributed by atoms with Gasteiger partial charge in [-0.25, -0.2) is 15.8 Å². The Labute approximate surface area is 123 Å².